The van der Waals surface area contributed by atoms with Crippen molar-refractivity contribution in [2.45, 2.75) is 54.4 Å². The highest BCUT2D eigenvalue weighted by molar-refractivity contribution is 5.82. The third kappa shape index (κ3) is 1.99. The molecule has 94 valence electrons. The van der Waals surface area contributed by atoms with Crippen molar-refractivity contribution in [3.05, 3.63) is 0 Å². The minimum Gasteiger partial charge on any atom is -0.469 e. The standard InChI is InChI=1S/C14H26O2/c1-10(2)13(6)9-14(13,11(15)16-7)8-12(3,4)5/h10H,8-9H2,1-7H3. The molecule has 0 radical (unpaired) electrons. The van der Waals surface area contributed by atoms with Gasteiger partial charge in [0.05, 0.1) is 12.5 Å². The highest BCUT2D eigenvalue weighted by Gasteiger charge is 2.71. The second-order valence-electron chi connectivity index (χ2n) is 7.06. The Bertz CT molecular complexity index is 288. The number of esters is 1. The minimum atomic E-state index is -0.242. The van der Waals surface area contributed by atoms with Crippen molar-refractivity contribution in [3.63, 3.8) is 0 Å². The lowest BCUT2D eigenvalue weighted by Gasteiger charge is -2.29. The quantitative estimate of drug-likeness (QED) is 0.687. The lowest BCUT2D eigenvalue weighted by atomic mass is 9.75. The van der Waals surface area contributed by atoms with Gasteiger partial charge in [0, 0.05) is 0 Å². The van der Waals surface area contributed by atoms with E-state index in [4.69, 9.17) is 4.74 Å². The highest BCUT2D eigenvalue weighted by Crippen LogP contribution is 2.71. The van der Waals surface area contributed by atoms with Crippen molar-refractivity contribution in [3.8, 4) is 0 Å². The molecule has 0 aromatic rings. The number of carbonyl (C=O) groups excluding carboxylic acids is 1. The lowest BCUT2D eigenvalue weighted by molar-refractivity contribution is -0.150. The Morgan fingerprint density at radius 3 is 2.12 bits per heavy atom. The largest absolute Gasteiger partial charge is 0.469 e. The molecule has 16 heavy (non-hydrogen) atoms. The molecule has 0 spiro atoms. The van der Waals surface area contributed by atoms with Gasteiger partial charge in [-0.05, 0) is 29.6 Å². The van der Waals surface area contributed by atoms with Gasteiger partial charge in [0.1, 0.15) is 0 Å². The van der Waals surface area contributed by atoms with Gasteiger partial charge in [-0.3, -0.25) is 4.79 Å². The first-order valence-electron chi connectivity index (χ1n) is 6.17. The third-order valence-corrected chi connectivity index (χ3v) is 4.32. The first kappa shape index (κ1) is 13.5. The summed E-state index contributed by atoms with van der Waals surface area (Å²) in [6.45, 7) is 13.2. The Hall–Kier alpha value is -0.530. The monoisotopic (exact) mass is 226 g/mol. The van der Waals surface area contributed by atoms with Gasteiger partial charge in [-0.2, -0.15) is 0 Å². The van der Waals surface area contributed by atoms with E-state index in [1.54, 1.807) is 0 Å². The Morgan fingerprint density at radius 1 is 1.38 bits per heavy atom. The predicted molar refractivity (Wildman–Crippen MR) is 66.1 cm³/mol. The zero-order valence-corrected chi connectivity index (χ0v) is 11.8. The van der Waals surface area contributed by atoms with E-state index in [9.17, 15) is 4.79 Å². The molecular weight excluding hydrogens is 200 g/mol. The van der Waals surface area contributed by atoms with E-state index in [2.05, 4.69) is 41.5 Å². The van der Waals surface area contributed by atoms with Gasteiger partial charge >= 0.3 is 5.97 Å². The zero-order valence-electron chi connectivity index (χ0n) is 11.8. The Morgan fingerprint density at radius 2 is 1.88 bits per heavy atom. The van der Waals surface area contributed by atoms with Gasteiger partial charge in [0.15, 0.2) is 0 Å². The normalized spacial score (nSPS) is 34.0. The Labute approximate surface area is 99.8 Å². The SMILES string of the molecule is COC(=O)C1(CC(C)(C)C)CC1(C)C(C)C. The molecule has 0 amide bonds. The van der Waals surface area contributed by atoms with E-state index in [0.29, 0.717) is 5.92 Å². The molecule has 0 aliphatic heterocycles. The van der Waals surface area contributed by atoms with Crippen LogP contribution in [0.2, 0.25) is 0 Å². The van der Waals surface area contributed by atoms with Crippen LogP contribution in [0.1, 0.15) is 54.4 Å². The van der Waals surface area contributed by atoms with E-state index in [-0.39, 0.29) is 22.2 Å². The minimum absolute atomic E-state index is 0.0152. The second-order valence-corrected chi connectivity index (χ2v) is 7.06. The topological polar surface area (TPSA) is 26.3 Å². The molecule has 2 nitrogen and oxygen atoms in total. The fraction of sp³-hybridized carbons (Fsp3) is 0.929. The molecule has 0 N–H and O–H groups in total. The molecule has 0 bridgehead atoms. The van der Waals surface area contributed by atoms with Crippen LogP contribution in [0.15, 0.2) is 0 Å². The molecule has 1 aliphatic rings. The summed E-state index contributed by atoms with van der Waals surface area (Å²) in [5.74, 6) is 0.507. The van der Waals surface area contributed by atoms with E-state index >= 15 is 0 Å². The summed E-state index contributed by atoms with van der Waals surface area (Å²) in [7, 11) is 1.51. The number of methoxy groups -OCH3 is 1. The summed E-state index contributed by atoms with van der Waals surface area (Å²) >= 11 is 0. The van der Waals surface area contributed by atoms with Crippen molar-refractivity contribution in [2.24, 2.45) is 22.2 Å². The van der Waals surface area contributed by atoms with Crippen LogP contribution < -0.4 is 0 Å². The maximum Gasteiger partial charge on any atom is 0.312 e. The maximum absolute atomic E-state index is 12.1. The molecule has 0 aromatic carbocycles. The van der Waals surface area contributed by atoms with Gasteiger partial charge < -0.3 is 4.74 Å². The smallest absolute Gasteiger partial charge is 0.312 e. The summed E-state index contributed by atoms with van der Waals surface area (Å²) in [5, 5.41) is 0. The number of rotatable bonds is 3. The average Bonchev–Trinajstić information content (AvgIpc) is 2.70. The number of carbonyl (C=O) groups is 1. The van der Waals surface area contributed by atoms with Gasteiger partial charge in [-0.1, -0.05) is 41.5 Å². The van der Waals surface area contributed by atoms with Gasteiger partial charge in [-0.15, -0.1) is 0 Å². The van der Waals surface area contributed by atoms with E-state index < -0.39 is 0 Å². The van der Waals surface area contributed by atoms with Crippen LogP contribution in [0.4, 0.5) is 0 Å². The van der Waals surface area contributed by atoms with Crippen LogP contribution >= 0.6 is 0 Å². The van der Waals surface area contributed by atoms with Crippen LogP contribution in [0.25, 0.3) is 0 Å². The van der Waals surface area contributed by atoms with Crippen molar-refractivity contribution < 1.29 is 9.53 Å². The van der Waals surface area contributed by atoms with Crippen molar-refractivity contribution in [1.82, 2.24) is 0 Å². The predicted octanol–water partition coefficient (Wildman–Crippen LogP) is 3.65. The molecule has 0 aromatic heterocycles. The van der Waals surface area contributed by atoms with Crippen LogP contribution in [0.5, 0.6) is 0 Å². The lowest BCUT2D eigenvalue weighted by Crippen LogP contribution is -2.30. The first-order valence-corrected chi connectivity index (χ1v) is 6.17. The molecule has 1 aliphatic carbocycles. The van der Waals surface area contributed by atoms with Crippen molar-refractivity contribution in [1.29, 1.82) is 0 Å². The number of hydrogen-bond acceptors (Lipinski definition) is 2. The molecule has 2 heteroatoms. The molecule has 1 fully saturated rings. The maximum atomic E-state index is 12.1. The Kier molecular flexibility index (Phi) is 3.17. The van der Waals surface area contributed by atoms with Gasteiger partial charge in [-0.25, -0.2) is 0 Å². The summed E-state index contributed by atoms with van der Waals surface area (Å²) in [5.41, 5.74) is 0.0440. The van der Waals surface area contributed by atoms with Gasteiger partial charge in [0.2, 0.25) is 0 Å². The fourth-order valence-corrected chi connectivity index (χ4v) is 3.08. The fourth-order valence-electron chi connectivity index (χ4n) is 3.08. The average molecular weight is 226 g/mol. The molecule has 1 rings (SSSR count). The van der Waals surface area contributed by atoms with Crippen molar-refractivity contribution in [2.75, 3.05) is 7.11 Å². The molecule has 1 saturated carbocycles. The number of ether oxygens (including phenoxy) is 1. The molecule has 0 heterocycles. The van der Waals surface area contributed by atoms with Crippen LogP contribution in [0, 0.1) is 22.2 Å². The summed E-state index contributed by atoms with van der Waals surface area (Å²) in [6.07, 6.45) is 1.89. The van der Waals surface area contributed by atoms with Crippen molar-refractivity contribution >= 4 is 5.97 Å². The number of hydrogen-bond donors (Lipinski definition) is 0. The highest BCUT2D eigenvalue weighted by atomic mass is 16.5. The zero-order chi connectivity index (χ0) is 12.8. The summed E-state index contributed by atoms with van der Waals surface area (Å²) in [4.78, 5) is 12.1. The van der Waals surface area contributed by atoms with Crippen LogP contribution in [0.3, 0.4) is 0 Å². The van der Waals surface area contributed by atoms with Gasteiger partial charge in [0.25, 0.3) is 0 Å². The van der Waals surface area contributed by atoms with E-state index in [1.165, 1.54) is 7.11 Å². The third-order valence-electron chi connectivity index (χ3n) is 4.32. The van der Waals surface area contributed by atoms with E-state index in [0.717, 1.165) is 12.8 Å². The molecular formula is C14H26O2. The summed E-state index contributed by atoms with van der Waals surface area (Å²) < 4.78 is 5.03. The van der Waals surface area contributed by atoms with Crippen LogP contribution in [-0.2, 0) is 9.53 Å². The Balaban J connectivity index is 2.97. The van der Waals surface area contributed by atoms with Crippen LogP contribution in [-0.4, -0.2) is 13.1 Å². The second kappa shape index (κ2) is 3.75. The molecule has 0 saturated heterocycles. The summed E-state index contributed by atoms with van der Waals surface area (Å²) in [6, 6.07) is 0. The first-order chi connectivity index (χ1) is 7.09. The molecule has 2 unspecified atom stereocenters. The molecule has 2 atom stereocenters. The van der Waals surface area contributed by atoms with E-state index in [1.807, 2.05) is 0 Å².